The highest BCUT2D eigenvalue weighted by Gasteiger charge is 2.11. The van der Waals surface area contributed by atoms with Crippen LogP contribution in [-0.4, -0.2) is 40.3 Å². The molecule has 0 amide bonds. The molecule has 92 valence electrons. The summed E-state index contributed by atoms with van der Waals surface area (Å²) in [5.41, 5.74) is 6.00. The molecular weight excluding hydrogens is 210 g/mol. The third-order valence-corrected chi connectivity index (χ3v) is 1.72. The molecule has 1 rings (SSSR count). The van der Waals surface area contributed by atoms with E-state index in [0.29, 0.717) is 0 Å². The lowest BCUT2D eigenvalue weighted by molar-refractivity contribution is -0.138. The highest BCUT2D eigenvalue weighted by molar-refractivity contribution is 5.73. The number of aliphatic carboxylic acids is 1. The van der Waals surface area contributed by atoms with Crippen molar-refractivity contribution in [2.45, 2.75) is 26.3 Å². The van der Waals surface area contributed by atoms with Crippen molar-refractivity contribution in [2.24, 2.45) is 5.73 Å². The number of carboxylic acids is 1. The summed E-state index contributed by atoms with van der Waals surface area (Å²) < 4.78 is 4.83. The predicted molar refractivity (Wildman–Crippen MR) is 60.1 cm³/mol. The highest BCUT2D eigenvalue weighted by atomic mass is 16.5. The van der Waals surface area contributed by atoms with Gasteiger partial charge in [0.2, 0.25) is 0 Å². The van der Waals surface area contributed by atoms with Gasteiger partial charge in [-0.3, -0.25) is 4.79 Å². The number of aromatic nitrogens is 2. The molecule has 1 unspecified atom stereocenters. The zero-order valence-electron chi connectivity index (χ0n) is 9.64. The van der Waals surface area contributed by atoms with Gasteiger partial charge in [0.05, 0.1) is 6.33 Å². The molecule has 0 bridgehead atoms. The molecule has 6 heteroatoms. The van der Waals surface area contributed by atoms with E-state index in [-0.39, 0.29) is 6.42 Å². The van der Waals surface area contributed by atoms with Crippen LogP contribution in [0.1, 0.15) is 19.5 Å². The SMILES string of the molecule is CCOCC.NC(Cc1cnc[nH]1)C(=O)O. The van der Waals surface area contributed by atoms with E-state index < -0.39 is 12.0 Å². The van der Waals surface area contributed by atoms with Crippen LogP contribution in [0.5, 0.6) is 0 Å². The minimum Gasteiger partial charge on any atom is -0.480 e. The Kier molecular flexibility index (Phi) is 8.10. The molecule has 0 aromatic carbocycles. The van der Waals surface area contributed by atoms with Crippen molar-refractivity contribution in [2.75, 3.05) is 13.2 Å². The van der Waals surface area contributed by atoms with Crippen LogP contribution < -0.4 is 5.73 Å². The fourth-order valence-corrected chi connectivity index (χ4v) is 0.925. The number of ether oxygens (including phenoxy) is 1. The van der Waals surface area contributed by atoms with Crippen LogP contribution in [0, 0.1) is 0 Å². The van der Waals surface area contributed by atoms with Crippen molar-refractivity contribution in [3.8, 4) is 0 Å². The van der Waals surface area contributed by atoms with Crippen LogP contribution in [0.15, 0.2) is 12.5 Å². The second-order valence-corrected chi connectivity index (χ2v) is 3.01. The van der Waals surface area contributed by atoms with E-state index in [4.69, 9.17) is 15.6 Å². The van der Waals surface area contributed by atoms with Crippen molar-refractivity contribution >= 4 is 5.97 Å². The van der Waals surface area contributed by atoms with Crippen LogP contribution in [0.25, 0.3) is 0 Å². The van der Waals surface area contributed by atoms with Gasteiger partial charge in [-0.15, -0.1) is 0 Å². The number of nitrogens with zero attached hydrogens (tertiary/aromatic N) is 1. The molecule has 1 heterocycles. The van der Waals surface area contributed by atoms with Crippen LogP contribution in [0.2, 0.25) is 0 Å². The Labute approximate surface area is 94.8 Å². The number of hydrogen-bond acceptors (Lipinski definition) is 4. The van der Waals surface area contributed by atoms with Gasteiger partial charge in [-0.05, 0) is 13.8 Å². The number of rotatable bonds is 5. The van der Waals surface area contributed by atoms with Crippen LogP contribution in [0.3, 0.4) is 0 Å². The number of carboxylic acid groups (broad SMARTS) is 1. The minimum atomic E-state index is -1.00. The molecule has 1 aromatic heterocycles. The lowest BCUT2D eigenvalue weighted by atomic mass is 10.2. The van der Waals surface area contributed by atoms with Gasteiger partial charge >= 0.3 is 5.97 Å². The van der Waals surface area contributed by atoms with E-state index in [1.54, 1.807) is 6.20 Å². The molecule has 0 saturated carbocycles. The number of aromatic amines is 1. The summed E-state index contributed by atoms with van der Waals surface area (Å²) in [6.45, 7) is 5.67. The van der Waals surface area contributed by atoms with Crippen molar-refractivity contribution in [1.82, 2.24) is 9.97 Å². The Morgan fingerprint density at radius 1 is 1.62 bits per heavy atom. The molecule has 0 aliphatic heterocycles. The fraction of sp³-hybridized carbons (Fsp3) is 0.600. The van der Waals surface area contributed by atoms with Gasteiger partial charge in [-0.1, -0.05) is 0 Å². The zero-order valence-corrected chi connectivity index (χ0v) is 9.64. The van der Waals surface area contributed by atoms with E-state index in [2.05, 4.69) is 9.97 Å². The largest absolute Gasteiger partial charge is 0.480 e. The molecule has 0 aliphatic carbocycles. The molecule has 0 fully saturated rings. The van der Waals surface area contributed by atoms with Gasteiger partial charge in [0.15, 0.2) is 0 Å². The van der Waals surface area contributed by atoms with Crippen LogP contribution in [0.4, 0.5) is 0 Å². The van der Waals surface area contributed by atoms with Gasteiger partial charge in [0.1, 0.15) is 6.04 Å². The molecule has 16 heavy (non-hydrogen) atoms. The Morgan fingerprint density at radius 2 is 2.25 bits per heavy atom. The third-order valence-electron chi connectivity index (χ3n) is 1.72. The number of nitrogens with two attached hydrogens (primary N) is 1. The van der Waals surface area contributed by atoms with Gasteiger partial charge < -0.3 is 20.6 Å². The lowest BCUT2D eigenvalue weighted by Crippen LogP contribution is -2.32. The van der Waals surface area contributed by atoms with E-state index >= 15 is 0 Å². The first kappa shape index (κ1) is 14.6. The predicted octanol–water partition coefficient (Wildman–Crippen LogP) is 0.407. The second kappa shape index (κ2) is 8.87. The van der Waals surface area contributed by atoms with E-state index in [9.17, 15) is 4.79 Å². The summed E-state index contributed by atoms with van der Waals surface area (Å²) in [7, 11) is 0. The number of H-pyrrole nitrogens is 1. The van der Waals surface area contributed by atoms with E-state index in [1.807, 2.05) is 13.8 Å². The quantitative estimate of drug-likeness (QED) is 0.678. The summed E-state index contributed by atoms with van der Waals surface area (Å²) in [6.07, 6.45) is 3.34. The summed E-state index contributed by atoms with van der Waals surface area (Å²) in [4.78, 5) is 16.8. The van der Waals surface area contributed by atoms with E-state index in [0.717, 1.165) is 18.9 Å². The smallest absolute Gasteiger partial charge is 0.320 e. The Bertz CT molecular complexity index is 273. The van der Waals surface area contributed by atoms with Crippen LogP contribution in [-0.2, 0) is 16.0 Å². The minimum absolute atomic E-state index is 0.287. The maximum atomic E-state index is 10.3. The maximum Gasteiger partial charge on any atom is 0.320 e. The van der Waals surface area contributed by atoms with Crippen LogP contribution >= 0.6 is 0 Å². The van der Waals surface area contributed by atoms with Crippen molar-refractivity contribution < 1.29 is 14.6 Å². The topological polar surface area (TPSA) is 101 Å². The zero-order chi connectivity index (χ0) is 12.4. The lowest BCUT2D eigenvalue weighted by Gasteiger charge is -2.02. The highest BCUT2D eigenvalue weighted by Crippen LogP contribution is 1.95. The van der Waals surface area contributed by atoms with Gasteiger partial charge in [-0.25, -0.2) is 4.98 Å². The Hall–Kier alpha value is -1.40. The second-order valence-electron chi connectivity index (χ2n) is 3.01. The Balaban J connectivity index is 0.000000385. The molecule has 6 nitrogen and oxygen atoms in total. The molecule has 0 spiro atoms. The monoisotopic (exact) mass is 229 g/mol. The van der Waals surface area contributed by atoms with Crippen molar-refractivity contribution in [3.63, 3.8) is 0 Å². The molecule has 1 atom stereocenters. The summed E-state index contributed by atoms with van der Waals surface area (Å²) in [6, 6.07) is -0.851. The third kappa shape index (κ3) is 6.97. The first-order chi connectivity index (χ1) is 7.61. The van der Waals surface area contributed by atoms with Gasteiger partial charge in [0.25, 0.3) is 0 Å². The average molecular weight is 229 g/mol. The maximum absolute atomic E-state index is 10.3. The summed E-state index contributed by atoms with van der Waals surface area (Å²) in [5, 5.41) is 8.42. The molecule has 0 saturated heterocycles. The molecular formula is C10H19N3O3. The van der Waals surface area contributed by atoms with Crippen molar-refractivity contribution in [3.05, 3.63) is 18.2 Å². The van der Waals surface area contributed by atoms with Crippen molar-refractivity contribution in [1.29, 1.82) is 0 Å². The summed E-state index contributed by atoms with van der Waals surface area (Å²) in [5.74, 6) is -1.00. The number of nitrogens with one attached hydrogen (secondary N) is 1. The summed E-state index contributed by atoms with van der Waals surface area (Å²) >= 11 is 0. The van der Waals surface area contributed by atoms with Gasteiger partial charge in [0, 0.05) is 31.5 Å². The number of carbonyl (C=O) groups is 1. The molecule has 1 aromatic rings. The first-order valence-electron chi connectivity index (χ1n) is 5.15. The number of hydrogen-bond donors (Lipinski definition) is 3. The Morgan fingerprint density at radius 3 is 2.56 bits per heavy atom. The molecule has 0 aliphatic rings. The van der Waals surface area contributed by atoms with E-state index in [1.165, 1.54) is 6.33 Å². The van der Waals surface area contributed by atoms with Gasteiger partial charge in [-0.2, -0.15) is 0 Å². The average Bonchev–Trinajstić information content (AvgIpc) is 2.72. The molecule has 4 N–H and O–H groups in total. The molecule has 0 radical (unpaired) electrons. The number of imidazole rings is 1. The normalized spacial score (nSPS) is 11.4. The first-order valence-corrected chi connectivity index (χ1v) is 5.15. The standard InChI is InChI=1S/C6H9N3O2.C4H10O/c7-5(6(10)11)1-4-2-8-3-9-4;1-3-5-4-2/h2-3,5H,1,7H2,(H,8,9)(H,10,11);3-4H2,1-2H3. The fourth-order valence-electron chi connectivity index (χ4n) is 0.925.